The van der Waals surface area contributed by atoms with Crippen LogP contribution in [0, 0.1) is 0 Å². The number of methoxy groups -OCH3 is 1. The van der Waals surface area contributed by atoms with E-state index in [1.165, 1.54) is 0 Å². The van der Waals surface area contributed by atoms with Crippen molar-refractivity contribution in [1.82, 2.24) is 9.78 Å². The molecule has 0 spiro atoms. The molecule has 0 atom stereocenters. The highest BCUT2D eigenvalue weighted by Gasteiger charge is 2.07. The minimum atomic E-state index is 0.468. The molecule has 4 nitrogen and oxygen atoms in total. The number of benzene rings is 1. The monoisotopic (exact) mass is 231 g/mol. The zero-order chi connectivity index (χ0) is 12.3. The van der Waals surface area contributed by atoms with Crippen LogP contribution in [0.4, 0.5) is 0 Å². The van der Waals surface area contributed by atoms with Crippen LogP contribution in [0.25, 0.3) is 5.69 Å². The lowest BCUT2D eigenvalue weighted by molar-refractivity contribution is 0.414. The Balaban J connectivity index is 2.40. The van der Waals surface area contributed by atoms with Crippen LogP contribution >= 0.6 is 0 Å². The van der Waals surface area contributed by atoms with Crippen molar-refractivity contribution in [2.45, 2.75) is 19.9 Å². The number of nitrogens with two attached hydrogens (primary N) is 1. The molecule has 0 saturated carbocycles. The van der Waals surface area contributed by atoms with Gasteiger partial charge in [0.15, 0.2) is 0 Å². The summed E-state index contributed by atoms with van der Waals surface area (Å²) < 4.78 is 7.07. The van der Waals surface area contributed by atoms with Gasteiger partial charge in [0.25, 0.3) is 0 Å². The molecule has 90 valence electrons. The number of hydrogen-bond donors (Lipinski definition) is 1. The van der Waals surface area contributed by atoms with Gasteiger partial charge in [-0.15, -0.1) is 0 Å². The number of aryl methyl sites for hydroxylation is 1. The van der Waals surface area contributed by atoms with Gasteiger partial charge in [0, 0.05) is 12.2 Å². The van der Waals surface area contributed by atoms with Crippen molar-refractivity contribution in [1.29, 1.82) is 0 Å². The van der Waals surface area contributed by atoms with E-state index in [4.69, 9.17) is 10.5 Å². The fraction of sp³-hybridized carbons (Fsp3) is 0.308. The van der Waals surface area contributed by atoms with Gasteiger partial charge < -0.3 is 10.5 Å². The van der Waals surface area contributed by atoms with Gasteiger partial charge in [-0.25, -0.2) is 4.68 Å². The lowest BCUT2D eigenvalue weighted by atomic mass is 10.2. The molecule has 2 N–H and O–H groups in total. The van der Waals surface area contributed by atoms with Crippen molar-refractivity contribution < 1.29 is 4.74 Å². The third kappa shape index (κ3) is 2.31. The van der Waals surface area contributed by atoms with Crippen molar-refractivity contribution in [3.63, 3.8) is 0 Å². The summed E-state index contributed by atoms with van der Waals surface area (Å²) in [4.78, 5) is 0. The number of nitrogens with zero attached hydrogens (tertiary/aromatic N) is 2. The van der Waals surface area contributed by atoms with Crippen LogP contribution in [-0.2, 0) is 13.0 Å². The summed E-state index contributed by atoms with van der Waals surface area (Å²) in [5.74, 6) is 0.845. The van der Waals surface area contributed by atoms with E-state index in [9.17, 15) is 0 Å². The average Bonchev–Trinajstić information content (AvgIpc) is 2.82. The molecule has 4 heteroatoms. The summed E-state index contributed by atoms with van der Waals surface area (Å²) in [6, 6.07) is 9.89. The predicted octanol–water partition coefficient (Wildman–Crippen LogP) is 1.90. The Morgan fingerprint density at radius 2 is 2.00 bits per heavy atom. The second-order valence-electron chi connectivity index (χ2n) is 3.79. The summed E-state index contributed by atoms with van der Waals surface area (Å²) in [6.07, 6.45) is 0.930. The fourth-order valence-corrected chi connectivity index (χ4v) is 1.77. The molecule has 0 radical (unpaired) electrons. The molecule has 0 aliphatic heterocycles. The van der Waals surface area contributed by atoms with E-state index in [-0.39, 0.29) is 0 Å². The Labute approximate surface area is 101 Å². The molecule has 1 aromatic heterocycles. The van der Waals surface area contributed by atoms with Crippen molar-refractivity contribution in [2.24, 2.45) is 5.73 Å². The average molecular weight is 231 g/mol. The molecule has 0 fully saturated rings. The Kier molecular flexibility index (Phi) is 3.44. The summed E-state index contributed by atoms with van der Waals surface area (Å²) in [6.45, 7) is 2.58. The van der Waals surface area contributed by atoms with Gasteiger partial charge in [0.2, 0.25) is 0 Å². The zero-order valence-electron chi connectivity index (χ0n) is 10.2. The molecule has 1 heterocycles. The first-order valence-electron chi connectivity index (χ1n) is 5.70. The summed E-state index contributed by atoms with van der Waals surface area (Å²) in [5.41, 5.74) is 8.72. The van der Waals surface area contributed by atoms with Crippen LogP contribution in [0.1, 0.15) is 18.3 Å². The standard InChI is InChI=1S/C13H17N3O/c1-3-11-8-10(9-14)15-16(11)12-4-6-13(17-2)7-5-12/h4-8H,3,9,14H2,1-2H3. The van der Waals surface area contributed by atoms with E-state index < -0.39 is 0 Å². The molecule has 0 bridgehead atoms. The van der Waals surface area contributed by atoms with Gasteiger partial charge in [0.05, 0.1) is 18.5 Å². The molecular weight excluding hydrogens is 214 g/mol. The quantitative estimate of drug-likeness (QED) is 0.874. The number of hydrogen-bond acceptors (Lipinski definition) is 3. The molecule has 0 aliphatic rings. The lowest BCUT2D eigenvalue weighted by Gasteiger charge is -2.06. The minimum Gasteiger partial charge on any atom is -0.497 e. The van der Waals surface area contributed by atoms with Gasteiger partial charge in [0.1, 0.15) is 5.75 Å². The molecule has 0 aliphatic carbocycles. The second kappa shape index (κ2) is 5.01. The first-order valence-corrected chi connectivity index (χ1v) is 5.70. The van der Waals surface area contributed by atoms with Crippen LogP contribution < -0.4 is 10.5 Å². The van der Waals surface area contributed by atoms with Gasteiger partial charge in [-0.05, 0) is 36.8 Å². The maximum absolute atomic E-state index is 5.61. The Morgan fingerprint density at radius 1 is 1.29 bits per heavy atom. The number of ether oxygens (including phenoxy) is 1. The Hall–Kier alpha value is -1.81. The van der Waals surface area contributed by atoms with Gasteiger partial charge in [-0.1, -0.05) is 6.92 Å². The van der Waals surface area contributed by atoms with Gasteiger partial charge in [-0.3, -0.25) is 0 Å². The first kappa shape index (κ1) is 11.7. The Bertz CT molecular complexity index is 488. The summed E-state index contributed by atoms with van der Waals surface area (Å²) >= 11 is 0. The van der Waals surface area contributed by atoms with Gasteiger partial charge in [-0.2, -0.15) is 5.10 Å². The van der Waals surface area contributed by atoms with Crippen LogP contribution in [-0.4, -0.2) is 16.9 Å². The van der Waals surface area contributed by atoms with Crippen LogP contribution in [0.5, 0.6) is 5.75 Å². The summed E-state index contributed by atoms with van der Waals surface area (Å²) in [7, 11) is 1.66. The topological polar surface area (TPSA) is 53.1 Å². The lowest BCUT2D eigenvalue weighted by Crippen LogP contribution is -2.02. The molecular formula is C13H17N3O. The largest absolute Gasteiger partial charge is 0.497 e. The van der Waals surface area contributed by atoms with Crippen LogP contribution in [0.2, 0.25) is 0 Å². The van der Waals surface area contributed by atoms with Crippen LogP contribution in [0.15, 0.2) is 30.3 Å². The molecule has 0 amide bonds. The van der Waals surface area contributed by atoms with Crippen molar-refractivity contribution >= 4 is 0 Å². The van der Waals surface area contributed by atoms with Crippen molar-refractivity contribution in [2.75, 3.05) is 7.11 Å². The minimum absolute atomic E-state index is 0.468. The molecule has 2 rings (SSSR count). The van der Waals surface area contributed by atoms with Crippen LogP contribution in [0.3, 0.4) is 0 Å². The first-order chi connectivity index (χ1) is 8.28. The highest BCUT2D eigenvalue weighted by Crippen LogP contribution is 2.17. The molecule has 0 unspecified atom stereocenters. The number of rotatable bonds is 4. The molecule has 17 heavy (non-hydrogen) atoms. The van der Waals surface area contributed by atoms with Gasteiger partial charge >= 0.3 is 0 Å². The SMILES string of the molecule is CCc1cc(CN)nn1-c1ccc(OC)cc1. The third-order valence-corrected chi connectivity index (χ3v) is 2.72. The van der Waals surface area contributed by atoms with E-state index in [0.29, 0.717) is 6.54 Å². The van der Waals surface area contributed by atoms with E-state index in [1.807, 2.05) is 35.0 Å². The predicted molar refractivity (Wildman–Crippen MR) is 67.4 cm³/mol. The smallest absolute Gasteiger partial charge is 0.119 e. The van der Waals surface area contributed by atoms with E-state index in [2.05, 4.69) is 12.0 Å². The zero-order valence-corrected chi connectivity index (χ0v) is 10.2. The van der Waals surface area contributed by atoms with E-state index in [0.717, 1.165) is 29.2 Å². The molecule has 1 aromatic carbocycles. The van der Waals surface area contributed by atoms with E-state index >= 15 is 0 Å². The third-order valence-electron chi connectivity index (χ3n) is 2.72. The van der Waals surface area contributed by atoms with Crippen molar-refractivity contribution in [3.8, 4) is 11.4 Å². The maximum atomic E-state index is 5.61. The maximum Gasteiger partial charge on any atom is 0.119 e. The highest BCUT2D eigenvalue weighted by molar-refractivity contribution is 5.38. The van der Waals surface area contributed by atoms with E-state index in [1.54, 1.807) is 7.11 Å². The Morgan fingerprint density at radius 3 is 2.53 bits per heavy atom. The molecule has 0 saturated heterocycles. The van der Waals surface area contributed by atoms with Crippen molar-refractivity contribution in [3.05, 3.63) is 41.7 Å². The molecule has 2 aromatic rings. The normalized spacial score (nSPS) is 10.5. The number of aromatic nitrogens is 2. The fourth-order valence-electron chi connectivity index (χ4n) is 1.77. The second-order valence-corrected chi connectivity index (χ2v) is 3.79. The summed E-state index contributed by atoms with van der Waals surface area (Å²) in [5, 5.41) is 4.48. The highest BCUT2D eigenvalue weighted by atomic mass is 16.5.